The van der Waals surface area contributed by atoms with Crippen molar-refractivity contribution in [2.45, 2.75) is 31.8 Å². The van der Waals surface area contributed by atoms with Crippen LogP contribution >= 0.6 is 0 Å². The molecule has 0 amide bonds. The molecule has 0 saturated carbocycles. The highest BCUT2D eigenvalue weighted by Crippen LogP contribution is 2.38. The van der Waals surface area contributed by atoms with Crippen molar-refractivity contribution in [1.82, 2.24) is 20.3 Å². The van der Waals surface area contributed by atoms with Gasteiger partial charge in [0, 0.05) is 27.3 Å². The van der Waals surface area contributed by atoms with Crippen LogP contribution in [0.1, 0.15) is 53.4 Å². The summed E-state index contributed by atoms with van der Waals surface area (Å²) in [7, 11) is 0. The molecule has 0 radical (unpaired) electrons. The van der Waals surface area contributed by atoms with Gasteiger partial charge in [0.05, 0.1) is 45.7 Å². The van der Waals surface area contributed by atoms with E-state index in [9.17, 15) is 0 Å². The lowest BCUT2D eigenvalue weighted by molar-refractivity contribution is 0.556. The first-order valence-electron chi connectivity index (χ1n) is 22.7. The largest absolute Gasteiger partial charge is 0.295 e. The number of hydrogen-bond donors (Lipinski definition) is 1. The SMILES string of the molecule is C=CC(NC(/C=C(\C)c1ccccc1)c1ccc2ccc(-c3ccc4nc(-c5ccc(-c6ccc7ccc8c(c7n6)CC(=C)CC=C8)c6ccccc56)ccc4c3)cc2n1)c1ccccc1. The van der Waals surface area contributed by atoms with Crippen LogP contribution in [0, 0.1) is 0 Å². The first-order chi connectivity index (χ1) is 32.5. The maximum atomic E-state index is 5.33. The van der Waals surface area contributed by atoms with E-state index in [1.807, 2.05) is 12.1 Å². The topological polar surface area (TPSA) is 50.7 Å². The standard InChI is InChI=1S/C62H48N4/c1-4-55(44-17-9-6-10-18-44)63-61(37-41(3)42-15-7-5-8-16-42)59-35-26-45-23-25-48(39-60(45)65-59)47-28-32-56-49(38-47)29-34-57(64-56)52-30-31-53(51-21-12-11-20-50(51)52)58-33-27-46-24-22-43-19-13-14-40(2)36-54(43)62(46)66-58/h4-13,15-35,37-39,55,61,63H,1-2,14,36H2,3H3/b41-37+. The summed E-state index contributed by atoms with van der Waals surface area (Å²) in [5, 5.41) is 9.47. The fraction of sp³-hybridized carbons (Fsp3) is 0.0806. The monoisotopic (exact) mass is 848 g/mol. The number of benzene rings is 7. The van der Waals surface area contributed by atoms with Gasteiger partial charge in [-0.2, -0.15) is 0 Å². The molecule has 66 heavy (non-hydrogen) atoms. The maximum Gasteiger partial charge on any atom is 0.0750 e. The van der Waals surface area contributed by atoms with Gasteiger partial charge in [-0.25, -0.2) is 9.97 Å². The second-order valence-electron chi connectivity index (χ2n) is 17.4. The Labute approximate surface area is 386 Å². The third kappa shape index (κ3) is 7.93. The first-order valence-corrected chi connectivity index (χ1v) is 22.7. The molecule has 2 atom stereocenters. The van der Waals surface area contributed by atoms with E-state index >= 15 is 0 Å². The predicted octanol–water partition coefficient (Wildman–Crippen LogP) is 15.7. The Morgan fingerprint density at radius 3 is 2.02 bits per heavy atom. The summed E-state index contributed by atoms with van der Waals surface area (Å²) in [5.74, 6) is 0. The molecule has 11 rings (SSSR count). The zero-order valence-corrected chi connectivity index (χ0v) is 37.0. The molecule has 4 nitrogen and oxygen atoms in total. The molecule has 0 saturated heterocycles. The lowest BCUT2D eigenvalue weighted by Crippen LogP contribution is -2.25. The summed E-state index contributed by atoms with van der Waals surface area (Å²) in [6.45, 7) is 10.7. The van der Waals surface area contributed by atoms with Crippen LogP contribution in [0.25, 0.3) is 88.8 Å². The highest BCUT2D eigenvalue weighted by atomic mass is 15.0. The van der Waals surface area contributed by atoms with Crippen LogP contribution < -0.4 is 5.32 Å². The van der Waals surface area contributed by atoms with Gasteiger partial charge in [-0.05, 0) is 106 Å². The Kier molecular flexibility index (Phi) is 10.8. The number of nitrogens with one attached hydrogen (secondary N) is 1. The first kappa shape index (κ1) is 40.7. The quantitative estimate of drug-likeness (QED) is 0.139. The third-order valence-electron chi connectivity index (χ3n) is 13.1. The molecule has 316 valence electrons. The number of allylic oxidation sites excluding steroid dienone is 3. The van der Waals surface area contributed by atoms with E-state index in [-0.39, 0.29) is 12.1 Å². The minimum absolute atomic E-state index is 0.0627. The minimum atomic E-state index is -0.167. The summed E-state index contributed by atoms with van der Waals surface area (Å²) < 4.78 is 0. The van der Waals surface area contributed by atoms with E-state index in [2.05, 4.69) is 220 Å². The number of nitrogens with zero attached hydrogens (tertiary/aromatic N) is 3. The molecule has 1 N–H and O–H groups in total. The number of fused-ring (bicyclic) bond motifs is 6. The van der Waals surface area contributed by atoms with Gasteiger partial charge in [-0.15, -0.1) is 6.58 Å². The van der Waals surface area contributed by atoms with Gasteiger partial charge in [0.1, 0.15) is 0 Å². The molecule has 0 fully saturated rings. The fourth-order valence-electron chi connectivity index (χ4n) is 9.54. The molecule has 2 unspecified atom stereocenters. The van der Waals surface area contributed by atoms with Gasteiger partial charge in [-0.1, -0.05) is 182 Å². The van der Waals surface area contributed by atoms with Gasteiger partial charge < -0.3 is 0 Å². The lowest BCUT2D eigenvalue weighted by atomic mass is 9.94. The summed E-state index contributed by atoms with van der Waals surface area (Å²) in [4.78, 5) is 15.9. The van der Waals surface area contributed by atoms with E-state index < -0.39 is 0 Å². The number of aromatic nitrogens is 3. The van der Waals surface area contributed by atoms with Crippen LogP contribution in [0.2, 0.25) is 0 Å². The van der Waals surface area contributed by atoms with Gasteiger partial charge in [0.25, 0.3) is 0 Å². The highest BCUT2D eigenvalue weighted by molar-refractivity contribution is 6.05. The van der Waals surface area contributed by atoms with Crippen molar-refractivity contribution in [3.8, 4) is 33.6 Å². The van der Waals surface area contributed by atoms with Gasteiger partial charge in [0.2, 0.25) is 0 Å². The Bertz CT molecular complexity index is 3570. The number of rotatable bonds is 10. The molecule has 1 aliphatic carbocycles. The van der Waals surface area contributed by atoms with Crippen molar-refractivity contribution in [2.75, 3.05) is 0 Å². The van der Waals surface area contributed by atoms with Crippen molar-refractivity contribution in [3.05, 3.63) is 247 Å². The highest BCUT2D eigenvalue weighted by Gasteiger charge is 2.19. The lowest BCUT2D eigenvalue weighted by Gasteiger charge is -2.23. The van der Waals surface area contributed by atoms with Gasteiger partial charge >= 0.3 is 0 Å². The maximum absolute atomic E-state index is 5.33. The Hall–Kier alpha value is -8.05. The summed E-state index contributed by atoms with van der Waals surface area (Å²) in [6.07, 6.45) is 10.4. The van der Waals surface area contributed by atoms with Crippen molar-refractivity contribution in [1.29, 1.82) is 0 Å². The zero-order chi connectivity index (χ0) is 44.6. The molecule has 4 heteroatoms. The molecule has 0 aliphatic heterocycles. The second kappa shape index (κ2) is 17.5. The minimum Gasteiger partial charge on any atom is -0.295 e. The van der Waals surface area contributed by atoms with E-state index in [1.165, 1.54) is 27.8 Å². The average Bonchev–Trinajstić information content (AvgIpc) is 3.57. The van der Waals surface area contributed by atoms with Crippen molar-refractivity contribution in [2.24, 2.45) is 0 Å². The Balaban J connectivity index is 0.913. The molecule has 3 aromatic heterocycles. The smallest absolute Gasteiger partial charge is 0.0750 e. The van der Waals surface area contributed by atoms with E-state index in [0.29, 0.717) is 0 Å². The van der Waals surface area contributed by atoms with Crippen LogP contribution in [0.3, 0.4) is 0 Å². The zero-order valence-electron chi connectivity index (χ0n) is 37.0. The van der Waals surface area contributed by atoms with Crippen LogP contribution in [-0.4, -0.2) is 15.0 Å². The van der Waals surface area contributed by atoms with Crippen LogP contribution in [0.4, 0.5) is 0 Å². The number of hydrogen-bond acceptors (Lipinski definition) is 4. The molecular formula is C62H48N4. The summed E-state index contributed by atoms with van der Waals surface area (Å²) in [5.41, 5.74) is 17.4. The molecule has 10 aromatic rings. The van der Waals surface area contributed by atoms with Crippen LogP contribution in [0.15, 0.2) is 219 Å². The van der Waals surface area contributed by atoms with E-state index in [0.717, 1.165) is 101 Å². The Morgan fingerprint density at radius 1 is 0.591 bits per heavy atom. The van der Waals surface area contributed by atoms with Crippen molar-refractivity contribution >= 4 is 55.1 Å². The molecule has 0 spiro atoms. The van der Waals surface area contributed by atoms with Crippen LogP contribution in [0.5, 0.6) is 0 Å². The number of pyridine rings is 3. The molecule has 3 heterocycles. The average molecular weight is 849 g/mol. The fourth-order valence-corrected chi connectivity index (χ4v) is 9.54. The van der Waals surface area contributed by atoms with Crippen molar-refractivity contribution < 1.29 is 0 Å². The molecule has 7 aromatic carbocycles. The van der Waals surface area contributed by atoms with Gasteiger partial charge in [-0.3, -0.25) is 10.3 Å². The van der Waals surface area contributed by atoms with E-state index in [4.69, 9.17) is 15.0 Å². The second-order valence-corrected chi connectivity index (χ2v) is 17.4. The predicted molar refractivity (Wildman–Crippen MR) is 278 cm³/mol. The Morgan fingerprint density at radius 2 is 1.24 bits per heavy atom. The van der Waals surface area contributed by atoms with Crippen LogP contribution in [-0.2, 0) is 6.42 Å². The molecular weight excluding hydrogens is 801 g/mol. The van der Waals surface area contributed by atoms with E-state index in [1.54, 1.807) is 0 Å². The van der Waals surface area contributed by atoms with Gasteiger partial charge in [0.15, 0.2) is 0 Å². The summed E-state index contributed by atoms with van der Waals surface area (Å²) in [6, 6.07) is 64.3. The van der Waals surface area contributed by atoms with Crippen molar-refractivity contribution in [3.63, 3.8) is 0 Å². The molecule has 1 aliphatic rings. The third-order valence-corrected chi connectivity index (χ3v) is 13.1. The normalized spacial score (nSPS) is 13.8. The summed E-state index contributed by atoms with van der Waals surface area (Å²) >= 11 is 0. The molecule has 0 bridgehead atoms.